The lowest BCUT2D eigenvalue weighted by atomic mass is 10.2. The summed E-state index contributed by atoms with van der Waals surface area (Å²) in [6.07, 6.45) is 1.62. The lowest BCUT2D eigenvalue weighted by molar-refractivity contribution is 0.0844. The second kappa shape index (κ2) is 4.55. The highest BCUT2D eigenvalue weighted by Gasteiger charge is 2.22. The van der Waals surface area contributed by atoms with E-state index >= 15 is 0 Å². The highest BCUT2D eigenvalue weighted by atomic mass is 32.1. The van der Waals surface area contributed by atoms with E-state index in [-0.39, 0.29) is 6.10 Å². The molecular formula is C10H13N3OS. The molecule has 0 spiro atoms. The minimum absolute atomic E-state index is 0.157. The van der Waals surface area contributed by atoms with Gasteiger partial charge in [-0.05, 0) is 12.1 Å². The summed E-state index contributed by atoms with van der Waals surface area (Å²) in [5.74, 6) is 0.946. The Morgan fingerprint density at radius 3 is 3.13 bits per heavy atom. The summed E-state index contributed by atoms with van der Waals surface area (Å²) in [7, 11) is 0. The van der Waals surface area contributed by atoms with Crippen LogP contribution in [0.15, 0.2) is 24.4 Å². The predicted octanol–water partition coefficient (Wildman–Crippen LogP) is 0.573. The van der Waals surface area contributed by atoms with Crippen LogP contribution in [0.3, 0.4) is 0 Å². The largest absolute Gasteiger partial charge is 0.391 e. The summed E-state index contributed by atoms with van der Waals surface area (Å²) in [4.78, 5) is 6.83. The third-order valence-electron chi connectivity index (χ3n) is 2.36. The first-order valence-electron chi connectivity index (χ1n) is 4.84. The Kier molecular flexibility index (Phi) is 3.13. The third-order valence-corrected chi connectivity index (χ3v) is 2.62. The fourth-order valence-electron chi connectivity index (χ4n) is 1.57. The molecule has 2 heterocycles. The zero-order chi connectivity index (χ0) is 10.7. The van der Waals surface area contributed by atoms with Crippen LogP contribution in [0, 0.1) is 0 Å². The molecular weight excluding hydrogens is 210 g/mol. The van der Waals surface area contributed by atoms with Gasteiger partial charge in [-0.2, -0.15) is 0 Å². The van der Waals surface area contributed by atoms with Gasteiger partial charge in [0.15, 0.2) is 0 Å². The number of morpholine rings is 1. The molecule has 5 heteroatoms. The molecule has 2 rings (SSSR count). The topological polar surface area (TPSA) is 51.4 Å². The van der Waals surface area contributed by atoms with Gasteiger partial charge in [0.05, 0.1) is 13.2 Å². The molecule has 1 saturated heterocycles. The van der Waals surface area contributed by atoms with Crippen molar-refractivity contribution < 1.29 is 4.74 Å². The molecule has 80 valence electrons. The maximum absolute atomic E-state index is 5.57. The quantitative estimate of drug-likeness (QED) is 0.743. The van der Waals surface area contributed by atoms with Crippen molar-refractivity contribution in [1.29, 1.82) is 0 Å². The van der Waals surface area contributed by atoms with Crippen LogP contribution in [0.5, 0.6) is 0 Å². The van der Waals surface area contributed by atoms with Gasteiger partial charge in [-0.15, -0.1) is 0 Å². The maximum atomic E-state index is 5.57. The van der Waals surface area contributed by atoms with Crippen LogP contribution >= 0.6 is 12.2 Å². The Morgan fingerprint density at radius 1 is 1.60 bits per heavy atom. The number of pyridine rings is 1. The van der Waals surface area contributed by atoms with Gasteiger partial charge in [0.1, 0.15) is 16.9 Å². The number of hydrogen-bond acceptors (Lipinski definition) is 4. The maximum Gasteiger partial charge on any atom is 0.128 e. The highest BCUT2D eigenvalue weighted by Crippen LogP contribution is 2.14. The number of ether oxygens (including phenoxy) is 1. The van der Waals surface area contributed by atoms with E-state index in [1.165, 1.54) is 0 Å². The summed E-state index contributed by atoms with van der Waals surface area (Å²) in [6, 6.07) is 5.84. The molecule has 0 aliphatic carbocycles. The van der Waals surface area contributed by atoms with Gasteiger partial charge in [-0.3, -0.25) is 0 Å². The summed E-state index contributed by atoms with van der Waals surface area (Å²) in [6.45, 7) is 2.15. The van der Waals surface area contributed by atoms with Crippen molar-refractivity contribution in [2.75, 3.05) is 24.6 Å². The number of nitrogens with two attached hydrogens (primary N) is 1. The molecule has 0 radical (unpaired) electrons. The molecule has 1 aromatic rings. The fourth-order valence-corrected chi connectivity index (χ4v) is 1.71. The smallest absolute Gasteiger partial charge is 0.128 e. The molecule has 1 fully saturated rings. The van der Waals surface area contributed by atoms with Gasteiger partial charge >= 0.3 is 0 Å². The summed E-state index contributed by atoms with van der Waals surface area (Å²) >= 11 is 4.92. The van der Waals surface area contributed by atoms with Crippen molar-refractivity contribution in [2.45, 2.75) is 6.10 Å². The highest BCUT2D eigenvalue weighted by molar-refractivity contribution is 7.80. The third kappa shape index (κ3) is 2.43. The Morgan fingerprint density at radius 2 is 2.47 bits per heavy atom. The van der Waals surface area contributed by atoms with Gasteiger partial charge in [0.2, 0.25) is 0 Å². The van der Waals surface area contributed by atoms with Crippen molar-refractivity contribution in [2.24, 2.45) is 5.73 Å². The van der Waals surface area contributed by atoms with E-state index in [2.05, 4.69) is 9.88 Å². The zero-order valence-electron chi connectivity index (χ0n) is 8.30. The molecule has 1 atom stereocenters. The monoisotopic (exact) mass is 223 g/mol. The van der Waals surface area contributed by atoms with Gasteiger partial charge in [0.25, 0.3) is 0 Å². The number of anilines is 1. The number of aromatic nitrogens is 1. The second-order valence-corrected chi connectivity index (χ2v) is 3.87. The van der Waals surface area contributed by atoms with Crippen LogP contribution < -0.4 is 10.6 Å². The van der Waals surface area contributed by atoms with Gasteiger partial charge in [-0.1, -0.05) is 18.3 Å². The Bertz CT molecular complexity index is 344. The van der Waals surface area contributed by atoms with Crippen LogP contribution in [0.2, 0.25) is 0 Å². The first-order valence-corrected chi connectivity index (χ1v) is 5.25. The van der Waals surface area contributed by atoms with Gasteiger partial charge in [-0.25, -0.2) is 4.98 Å². The van der Waals surface area contributed by atoms with E-state index in [1.807, 2.05) is 18.2 Å². The fraction of sp³-hybridized carbons (Fsp3) is 0.400. The van der Waals surface area contributed by atoms with Crippen molar-refractivity contribution >= 4 is 23.0 Å². The Hall–Kier alpha value is -1.20. The lowest BCUT2D eigenvalue weighted by Gasteiger charge is -2.33. The Labute approximate surface area is 94.0 Å². The minimum Gasteiger partial charge on any atom is -0.391 e. The van der Waals surface area contributed by atoms with Crippen molar-refractivity contribution in [3.63, 3.8) is 0 Å². The zero-order valence-corrected chi connectivity index (χ0v) is 9.11. The SMILES string of the molecule is NC(=S)C1CN(c2ccccn2)CCO1. The van der Waals surface area contributed by atoms with Crippen LogP contribution in [0.4, 0.5) is 5.82 Å². The van der Waals surface area contributed by atoms with Crippen molar-refractivity contribution in [3.8, 4) is 0 Å². The molecule has 0 aromatic carbocycles. The number of rotatable bonds is 2. The van der Waals surface area contributed by atoms with Crippen molar-refractivity contribution in [1.82, 2.24) is 4.98 Å². The molecule has 15 heavy (non-hydrogen) atoms. The normalized spacial score (nSPS) is 21.3. The molecule has 1 aliphatic heterocycles. The first-order chi connectivity index (χ1) is 7.27. The minimum atomic E-state index is -0.157. The van der Waals surface area contributed by atoms with Crippen LogP contribution in [-0.2, 0) is 4.74 Å². The molecule has 0 amide bonds. The van der Waals surface area contributed by atoms with Gasteiger partial charge < -0.3 is 15.4 Å². The molecule has 1 aliphatic rings. The number of nitrogens with zero attached hydrogens (tertiary/aromatic N) is 2. The predicted molar refractivity (Wildman–Crippen MR) is 63.0 cm³/mol. The molecule has 1 unspecified atom stereocenters. The van der Waals surface area contributed by atoms with Crippen LogP contribution in [0.25, 0.3) is 0 Å². The van der Waals surface area contributed by atoms with Crippen molar-refractivity contribution in [3.05, 3.63) is 24.4 Å². The Balaban J connectivity index is 2.08. The average molecular weight is 223 g/mol. The van der Waals surface area contributed by atoms with E-state index in [0.29, 0.717) is 18.1 Å². The molecule has 4 nitrogen and oxygen atoms in total. The first kappa shape index (κ1) is 10.3. The average Bonchev–Trinajstić information content (AvgIpc) is 2.30. The lowest BCUT2D eigenvalue weighted by Crippen LogP contribution is -2.48. The number of hydrogen-bond donors (Lipinski definition) is 1. The standard InChI is InChI=1S/C10H13N3OS/c11-10(15)8-7-13(5-6-14-8)9-3-1-2-4-12-9/h1-4,8H,5-7H2,(H2,11,15). The molecule has 0 bridgehead atoms. The summed E-state index contributed by atoms with van der Waals surface area (Å²) in [5.41, 5.74) is 5.57. The van der Waals surface area contributed by atoms with Crippen LogP contribution in [0.1, 0.15) is 0 Å². The van der Waals surface area contributed by atoms with E-state index in [1.54, 1.807) is 6.20 Å². The second-order valence-electron chi connectivity index (χ2n) is 3.40. The molecule has 0 saturated carbocycles. The van der Waals surface area contributed by atoms with E-state index in [9.17, 15) is 0 Å². The van der Waals surface area contributed by atoms with Crippen LogP contribution in [-0.4, -0.2) is 35.8 Å². The molecule has 1 aromatic heterocycles. The van der Waals surface area contributed by atoms with E-state index < -0.39 is 0 Å². The molecule has 2 N–H and O–H groups in total. The summed E-state index contributed by atoms with van der Waals surface area (Å²) in [5, 5.41) is 0. The van der Waals surface area contributed by atoms with E-state index in [0.717, 1.165) is 12.4 Å². The summed E-state index contributed by atoms with van der Waals surface area (Å²) < 4.78 is 5.46. The number of thiocarbonyl (C=S) groups is 1. The van der Waals surface area contributed by atoms with Gasteiger partial charge in [0, 0.05) is 12.7 Å². The van der Waals surface area contributed by atoms with E-state index in [4.69, 9.17) is 22.7 Å².